The molecule has 24 heavy (non-hydrogen) atoms. The van der Waals surface area contributed by atoms with E-state index in [0.717, 1.165) is 17.8 Å². The maximum Gasteiger partial charge on any atom is 0.0942 e. The van der Waals surface area contributed by atoms with Crippen LogP contribution in [0.1, 0.15) is 29.7 Å². The molecule has 2 unspecified atom stereocenters. The summed E-state index contributed by atoms with van der Waals surface area (Å²) in [6.45, 7) is 4.26. The Balaban J connectivity index is 1.57. The Morgan fingerprint density at radius 1 is 1.12 bits per heavy atom. The zero-order chi connectivity index (χ0) is 16.6. The second-order valence-electron chi connectivity index (χ2n) is 7.13. The first-order valence-corrected chi connectivity index (χ1v) is 8.67. The largest absolute Gasteiger partial charge is 0.385 e. The van der Waals surface area contributed by atoms with E-state index in [1.807, 2.05) is 31.3 Å². The first kappa shape index (κ1) is 15.8. The van der Waals surface area contributed by atoms with Gasteiger partial charge in [-0.1, -0.05) is 36.4 Å². The predicted molar refractivity (Wildman–Crippen MR) is 92.5 cm³/mol. The van der Waals surface area contributed by atoms with Gasteiger partial charge in [0, 0.05) is 36.1 Å². The predicted octanol–water partition coefficient (Wildman–Crippen LogP) is 2.64. The van der Waals surface area contributed by atoms with Gasteiger partial charge in [0.05, 0.1) is 18.8 Å². The van der Waals surface area contributed by atoms with E-state index in [2.05, 4.69) is 34.1 Å². The molecule has 2 aliphatic rings. The molecule has 0 aliphatic carbocycles. The third-order valence-electron chi connectivity index (χ3n) is 5.36. The maximum absolute atomic E-state index is 11.3. The molecule has 0 spiro atoms. The maximum atomic E-state index is 11.3. The van der Waals surface area contributed by atoms with Gasteiger partial charge in [-0.15, -0.1) is 0 Å². The fraction of sp³-hybridized carbons (Fsp3) is 0.450. The van der Waals surface area contributed by atoms with Gasteiger partial charge in [-0.05, 0) is 31.4 Å². The Hall–Kier alpha value is -1.75. The second kappa shape index (κ2) is 6.28. The number of fused-ring (bicyclic) bond motifs is 2. The Morgan fingerprint density at radius 2 is 1.83 bits per heavy atom. The molecule has 1 aromatic heterocycles. The molecule has 2 fully saturated rings. The summed E-state index contributed by atoms with van der Waals surface area (Å²) in [6, 6.07) is 15.0. The highest BCUT2D eigenvalue weighted by Gasteiger charge is 2.46. The minimum atomic E-state index is -0.799. The van der Waals surface area contributed by atoms with Crippen LogP contribution >= 0.6 is 0 Å². The van der Waals surface area contributed by atoms with Crippen molar-refractivity contribution >= 4 is 0 Å². The van der Waals surface area contributed by atoms with E-state index in [-0.39, 0.29) is 12.1 Å². The molecule has 2 atom stereocenters. The average Bonchev–Trinajstić information content (AvgIpc) is 2.57. The van der Waals surface area contributed by atoms with Crippen LogP contribution in [-0.4, -0.2) is 40.3 Å². The number of hydrogen-bond donors (Lipinski definition) is 1. The Morgan fingerprint density at radius 3 is 2.46 bits per heavy atom. The highest BCUT2D eigenvalue weighted by Crippen LogP contribution is 2.41. The molecule has 0 saturated carbocycles. The van der Waals surface area contributed by atoms with E-state index in [1.54, 1.807) is 0 Å². The number of nitrogens with zero attached hydrogens (tertiary/aromatic N) is 2. The van der Waals surface area contributed by atoms with Gasteiger partial charge in [0.1, 0.15) is 0 Å². The normalized spacial score (nSPS) is 30.2. The van der Waals surface area contributed by atoms with Gasteiger partial charge >= 0.3 is 0 Å². The first-order chi connectivity index (χ1) is 11.6. The number of benzene rings is 1. The summed E-state index contributed by atoms with van der Waals surface area (Å²) >= 11 is 0. The smallest absolute Gasteiger partial charge is 0.0942 e. The number of rotatable bonds is 3. The molecule has 2 bridgehead atoms. The standard InChI is InChI=1S/C20H24N2O2/c1-15-7-8-17(11-21-15)20(23)9-18-13-24-14-19(10-20)22(18)12-16-5-3-2-4-6-16/h2-8,11,18-19,23H,9-10,12-14H2,1H3. The summed E-state index contributed by atoms with van der Waals surface area (Å²) in [6.07, 6.45) is 3.22. The van der Waals surface area contributed by atoms with Crippen LogP contribution in [0, 0.1) is 6.92 Å². The zero-order valence-electron chi connectivity index (χ0n) is 14.1. The van der Waals surface area contributed by atoms with Crippen molar-refractivity contribution in [3.8, 4) is 0 Å². The lowest BCUT2D eigenvalue weighted by Crippen LogP contribution is -2.60. The molecule has 3 heterocycles. The molecule has 1 aromatic carbocycles. The van der Waals surface area contributed by atoms with E-state index < -0.39 is 5.60 Å². The fourth-order valence-corrected chi connectivity index (χ4v) is 4.08. The van der Waals surface area contributed by atoms with E-state index in [9.17, 15) is 5.11 Å². The molecule has 4 rings (SSSR count). The van der Waals surface area contributed by atoms with Crippen molar-refractivity contribution in [1.29, 1.82) is 0 Å². The van der Waals surface area contributed by atoms with Gasteiger partial charge in [-0.3, -0.25) is 9.88 Å². The average molecular weight is 324 g/mol. The van der Waals surface area contributed by atoms with Crippen molar-refractivity contribution in [2.45, 2.75) is 44.0 Å². The van der Waals surface area contributed by atoms with Crippen molar-refractivity contribution in [2.24, 2.45) is 0 Å². The topological polar surface area (TPSA) is 45.6 Å². The summed E-state index contributed by atoms with van der Waals surface area (Å²) in [5.74, 6) is 0. The fourth-order valence-electron chi connectivity index (χ4n) is 4.08. The Kier molecular flexibility index (Phi) is 4.12. The molecule has 126 valence electrons. The first-order valence-electron chi connectivity index (χ1n) is 8.67. The monoisotopic (exact) mass is 324 g/mol. The number of ether oxygens (including phenoxy) is 1. The molecular formula is C20H24N2O2. The molecule has 1 N–H and O–H groups in total. The Labute approximate surface area is 143 Å². The van der Waals surface area contributed by atoms with Crippen molar-refractivity contribution in [3.05, 3.63) is 65.5 Å². The molecule has 4 nitrogen and oxygen atoms in total. The lowest BCUT2D eigenvalue weighted by molar-refractivity contribution is -0.149. The van der Waals surface area contributed by atoms with Gasteiger partial charge in [0.25, 0.3) is 0 Å². The zero-order valence-corrected chi connectivity index (χ0v) is 14.1. The minimum Gasteiger partial charge on any atom is -0.385 e. The third-order valence-corrected chi connectivity index (χ3v) is 5.36. The highest BCUT2D eigenvalue weighted by molar-refractivity contribution is 5.24. The van der Waals surface area contributed by atoms with Gasteiger partial charge < -0.3 is 9.84 Å². The lowest BCUT2D eigenvalue weighted by atomic mass is 9.77. The van der Waals surface area contributed by atoms with Crippen LogP contribution in [0.3, 0.4) is 0 Å². The number of morpholine rings is 1. The van der Waals surface area contributed by atoms with Crippen molar-refractivity contribution in [1.82, 2.24) is 9.88 Å². The van der Waals surface area contributed by atoms with E-state index >= 15 is 0 Å². The molecule has 4 heteroatoms. The lowest BCUT2D eigenvalue weighted by Gasteiger charge is -2.51. The summed E-state index contributed by atoms with van der Waals surface area (Å²) in [5, 5.41) is 11.3. The van der Waals surface area contributed by atoms with Crippen LogP contribution in [0.15, 0.2) is 48.7 Å². The molecule has 2 aromatic rings. The van der Waals surface area contributed by atoms with Crippen LogP contribution in [0.2, 0.25) is 0 Å². The highest BCUT2D eigenvalue weighted by atomic mass is 16.5. The molecule has 0 amide bonds. The van der Waals surface area contributed by atoms with Crippen LogP contribution < -0.4 is 0 Å². The number of aromatic nitrogens is 1. The number of pyridine rings is 1. The summed E-state index contributed by atoms with van der Waals surface area (Å²) in [4.78, 5) is 6.88. The van der Waals surface area contributed by atoms with Gasteiger partial charge in [-0.2, -0.15) is 0 Å². The molecule has 2 aliphatic heterocycles. The van der Waals surface area contributed by atoms with Crippen LogP contribution in [0.4, 0.5) is 0 Å². The van der Waals surface area contributed by atoms with Gasteiger partial charge in [-0.25, -0.2) is 0 Å². The second-order valence-corrected chi connectivity index (χ2v) is 7.13. The number of hydrogen-bond acceptors (Lipinski definition) is 4. The van der Waals surface area contributed by atoms with Crippen LogP contribution in [0.5, 0.6) is 0 Å². The molecule has 2 saturated heterocycles. The quantitative estimate of drug-likeness (QED) is 0.943. The van der Waals surface area contributed by atoms with E-state index in [1.165, 1.54) is 5.56 Å². The van der Waals surface area contributed by atoms with Gasteiger partial charge in [0.2, 0.25) is 0 Å². The minimum absolute atomic E-state index is 0.240. The van der Waals surface area contributed by atoms with Crippen molar-refractivity contribution in [2.75, 3.05) is 13.2 Å². The summed E-state index contributed by atoms with van der Waals surface area (Å²) in [5.41, 5.74) is 2.43. The van der Waals surface area contributed by atoms with Crippen molar-refractivity contribution in [3.63, 3.8) is 0 Å². The van der Waals surface area contributed by atoms with Crippen molar-refractivity contribution < 1.29 is 9.84 Å². The summed E-state index contributed by atoms with van der Waals surface area (Å²) < 4.78 is 5.78. The number of piperidine rings is 1. The number of aliphatic hydroxyl groups is 1. The molecular weight excluding hydrogens is 300 g/mol. The number of aryl methyl sites for hydroxylation is 1. The third kappa shape index (κ3) is 2.97. The van der Waals surface area contributed by atoms with E-state index in [4.69, 9.17) is 4.74 Å². The Bertz CT molecular complexity index is 673. The SMILES string of the molecule is Cc1ccc(C2(O)CC3COCC(C2)N3Cc2ccccc2)cn1. The van der Waals surface area contributed by atoms with Crippen LogP contribution in [0.25, 0.3) is 0 Å². The van der Waals surface area contributed by atoms with E-state index in [0.29, 0.717) is 26.1 Å². The molecule has 0 radical (unpaired) electrons. The van der Waals surface area contributed by atoms with Gasteiger partial charge in [0.15, 0.2) is 0 Å². The summed E-state index contributed by atoms with van der Waals surface area (Å²) in [7, 11) is 0. The van der Waals surface area contributed by atoms with Crippen LogP contribution in [-0.2, 0) is 16.9 Å².